The number of esters is 2. The van der Waals surface area contributed by atoms with Gasteiger partial charge in [0.05, 0.1) is 0 Å². The van der Waals surface area contributed by atoms with Gasteiger partial charge < -0.3 is 19.7 Å². The summed E-state index contributed by atoms with van der Waals surface area (Å²) in [5, 5.41) is 23.1. The molecule has 0 aromatic heterocycles. The molecule has 0 saturated heterocycles. The highest BCUT2D eigenvalue weighted by molar-refractivity contribution is 7.99. The van der Waals surface area contributed by atoms with Crippen molar-refractivity contribution in [2.45, 2.75) is 144 Å². The van der Waals surface area contributed by atoms with Gasteiger partial charge in [-0.2, -0.15) is 11.8 Å². The summed E-state index contributed by atoms with van der Waals surface area (Å²) in [5.74, 6) is 2.37. The Balaban J connectivity index is 2.51. The van der Waals surface area contributed by atoms with Crippen molar-refractivity contribution in [1.29, 1.82) is 0 Å². The van der Waals surface area contributed by atoms with E-state index in [1.165, 1.54) is 0 Å². The zero-order chi connectivity index (χ0) is 34.7. The average molecular weight is 643 g/mol. The molecule has 2 N–H and O–H groups in total. The first-order valence-electron chi connectivity index (χ1n) is 16.2. The van der Waals surface area contributed by atoms with E-state index in [9.17, 15) is 19.8 Å². The summed E-state index contributed by atoms with van der Waals surface area (Å²) >= 11 is 1.74. The van der Waals surface area contributed by atoms with Crippen LogP contribution < -0.4 is 9.47 Å². The van der Waals surface area contributed by atoms with Crippen molar-refractivity contribution in [3.63, 3.8) is 0 Å². The van der Waals surface area contributed by atoms with Crippen LogP contribution in [0.5, 0.6) is 23.0 Å². The fourth-order valence-corrected chi connectivity index (χ4v) is 6.55. The van der Waals surface area contributed by atoms with Gasteiger partial charge in [0.2, 0.25) is 0 Å². The number of thioether (sulfide) groups is 1. The van der Waals surface area contributed by atoms with Gasteiger partial charge in [0, 0.05) is 46.2 Å². The van der Waals surface area contributed by atoms with Crippen molar-refractivity contribution in [2.75, 3.05) is 11.5 Å². The second-order valence-corrected chi connectivity index (χ2v) is 17.2. The Morgan fingerprint density at radius 3 is 1.16 bits per heavy atom. The third-order valence-electron chi connectivity index (χ3n) is 7.87. The van der Waals surface area contributed by atoms with Crippen molar-refractivity contribution in [2.24, 2.45) is 0 Å². The van der Waals surface area contributed by atoms with E-state index in [0.717, 1.165) is 44.9 Å². The largest absolute Gasteiger partial charge is 0.507 e. The van der Waals surface area contributed by atoms with Crippen LogP contribution in [-0.2, 0) is 44.1 Å². The molecule has 2 rings (SSSR count). The molecule has 2 aromatic carbocycles. The van der Waals surface area contributed by atoms with E-state index >= 15 is 0 Å². The van der Waals surface area contributed by atoms with Gasteiger partial charge in [-0.05, 0) is 58.1 Å². The van der Waals surface area contributed by atoms with Crippen LogP contribution in [0.2, 0.25) is 0 Å². The normalized spacial score (nSPS) is 12.8. The Bertz CT molecular complexity index is 1270. The van der Waals surface area contributed by atoms with Gasteiger partial charge >= 0.3 is 11.9 Å². The molecule has 2 aromatic rings. The first-order chi connectivity index (χ1) is 20.4. The van der Waals surface area contributed by atoms with Gasteiger partial charge in [-0.3, -0.25) is 9.59 Å². The number of hydrogen-bond acceptors (Lipinski definition) is 7. The van der Waals surface area contributed by atoms with Gasteiger partial charge in [0.25, 0.3) is 0 Å². The highest BCUT2D eigenvalue weighted by atomic mass is 32.2. The molecule has 0 spiro atoms. The molecule has 45 heavy (non-hydrogen) atoms. The molecule has 252 valence electrons. The van der Waals surface area contributed by atoms with E-state index in [0.29, 0.717) is 24.3 Å². The van der Waals surface area contributed by atoms with Crippen LogP contribution in [0.1, 0.15) is 143 Å². The number of aromatic hydroxyl groups is 2. The van der Waals surface area contributed by atoms with Crippen molar-refractivity contribution in [1.82, 2.24) is 0 Å². The van der Waals surface area contributed by atoms with Crippen LogP contribution in [0.3, 0.4) is 0 Å². The van der Waals surface area contributed by atoms with E-state index in [4.69, 9.17) is 9.47 Å². The number of carbonyl (C=O) groups excluding carboxylic acids is 2. The van der Waals surface area contributed by atoms with Gasteiger partial charge in [-0.1, -0.05) is 96.9 Å². The van der Waals surface area contributed by atoms with Crippen LogP contribution >= 0.6 is 11.8 Å². The number of ether oxygens (including phenoxy) is 2. The van der Waals surface area contributed by atoms with E-state index in [-0.39, 0.29) is 57.9 Å². The fourth-order valence-electron chi connectivity index (χ4n) is 5.65. The molecule has 7 heteroatoms. The summed E-state index contributed by atoms with van der Waals surface area (Å²) in [7, 11) is 0. The lowest BCUT2D eigenvalue weighted by atomic mass is 9.76. The monoisotopic (exact) mass is 642 g/mol. The third kappa shape index (κ3) is 9.67. The van der Waals surface area contributed by atoms with Crippen molar-refractivity contribution in [3.8, 4) is 23.0 Å². The summed E-state index contributed by atoms with van der Waals surface area (Å²) in [6.07, 6.45) is 1.71. The molecular formula is C38H58O6S. The highest BCUT2D eigenvalue weighted by Gasteiger charge is 2.33. The maximum absolute atomic E-state index is 12.5. The van der Waals surface area contributed by atoms with Gasteiger partial charge in [-0.25, -0.2) is 0 Å². The minimum Gasteiger partial charge on any atom is -0.507 e. The summed E-state index contributed by atoms with van der Waals surface area (Å²) in [5.41, 5.74) is 3.36. The summed E-state index contributed by atoms with van der Waals surface area (Å²) in [6, 6.07) is 3.67. The second-order valence-electron chi connectivity index (χ2n) is 16.0. The third-order valence-corrected chi connectivity index (χ3v) is 8.85. The predicted octanol–water partition coefficient (Wildman–Crippen LogP) is 9.44. The number of phenols is 2. The average Bonchev–Trinajstić information content (AvgIpc) is 2.87. The molecule has 0 heterocycles. The lowest BCUT2D eigenvalue weighted by molar-refractivity contribution is -0.135. The molecule has 0 amide bonds. The molecule has 0 bridgehead atoms. The van der Waals surface area contributed by atoms with Crippen LogP contribution in [0.25, 0.3) is 0 Å². The fraction of sp³-hybridized carbons (Fsp3) is 0.632. The highest BCUT2D eigenvalue weighted by Crippen LogP contribution is 2.47. The number of phenolic OH excluding ortho intramolecular Hbond substituents is 2. The van der Waals surface area contributed by atoms with Gasteiger partial charge in [0.15, 0.2) is 0 Å². The van der Waals surface area contributed by atoms with Crippen molar-refractivity contribution >= 4 is 23.7 Å². The molecule has 0 saturated carbocycles. The summed E-state index contributed by atoms with van der Waals surface area (Å²) in [6.45, 7) is 28.2. The van der Waals surface area contributed by atoms with E-state index in [1.54, 1.807) is 25.6 Å². The number of rotatable bonds is 10. The van der Waals surface area contributed by atoms with Crippen LogP contribution in [0.4, 0.5) is 0 Å². The minimum absolute atomic E-state index is 0.257. The Kier molecular flexibility index (Phi) is 12.3. The Labute approximate surface area is 276 Å². The van der Waals surface area contributed by atoms with Crippen LogP contribution in [-0.4, -0.2) is 33.7 Å². The first kappa shape index (κ1) is 38.5. The maximum atomic E-state index is 12.5. The topological polar surface area (TPSA) is 93.1 Å². The Hall–Kier alpha value is -2.67. The molecule has 0 fully saturated rings. The van der Waals surface area contributed by atoms with E-state index in [2.05, 4.69) is 41.5 Å². The van der Waals surface area contributed by atoms with Crippen LogP contribution in [0, 0.1) is 0 Å². The number of hydrogen-bond donors (Lipinski definition) is 2. The quantitative estimate of drug-likeness (QED) is 0.151. The molecule has 0 unspecified atom stereocenters. The SMILES string of the molecule is CCC(=O)Oc1cc(C(C)(C)C)c(O)c(C(C)(C)C)c1CCSCCc1c(OC(=O)CC)cc(C(C)(C)C)c(O)c1C(C)(C)C. The van der Waals surface area contributed by atoms with Crippen LogP contribution in [0.15, 0.2) is 12.1 Å². The minimum atomic E-state index is -0.384. The molecule has 0 atom stereocenters. The molecule has 6 nitrogen and oxygen atoms in total. The maximum Gasteiger partial charge on any atom is 0.310 e. The van der Waals surface area contributed by atoms with Gasteiger partial charge in [0.1, 0.15) is 23.0 Å². The number of carbonyl (C=O) groups is 2. The Morgan fingerprint density at radius 2 is 0.911 bits per heavy atom. The van der Waals surface area contributed by atoms with Crippen molar-refractivity contribution in [3.05, 3.63) is 45.5 Å². The lowest BCUT2D eigenvalue weighted by Crippen LogP contribution is -2.22. The Morgan fingerprint density at radius 1 is 0.600 bits per heavy atom. The molecular weight excluding hydrogens is 584 g/mol. The summed E-state index contributed by atoms with van der Waals surface area (Å²) < 4.78 is 11.8. The van der Waals surface area contributed by atoms with E-state index < -0.39 is 0 Å². The predicted molar refractivity (Wildman–Crippen MR) is 188 cm³/mol. The first-order valence-corrected chi connectivity index (χ1v) is 17.4. The summed E-state index contributed by atoms with van der Waals surface area (Å²) in [4.78, 5) is 25.0. The van der Waals surface area contributed by atoms with Crippen molar-refractivity contribution < 1.29 is 29.3 Å². The lowest BCUT2D eigenvalue weighted by Gasteiger charge is -2.31. The second kappa shape index (κ2) is 14.4. The molecule has 0 radical (unpaired) electrons. The zero-order valence-corrected chi connectivity index (χ0v) is 31.1. The van der Waals surface area contributed by atoms with E-state index in [1.807, 2.05) is 53.7 Å². The van der Waals surface area contributed by atoms with Gasteiger partial charge in [-0.15, -0.1) is 0 Å². The zero-order valence-electron chi connectivity index (χ0n) is 30.3. The number of benzene rings is 2. The molecule has 0 aliphatic heterocycles. The smallest absolute Gasteiger partial charge is 0.310 e. The molecule has 0 aliphatic carbocycles. The molecule has 0 aliphatic rings. The standard InChI is InChI=1S/C38H58O6S/c1-15-29(39)43-27-21-25(35(3,4)5)33(41)31(37(9,10)11)23(27)17-19-45-20-18-24-28(44-30(40)16-2)22-26(36(6,7)8)34(42)32(24)38(12,13)14/h21-22,41-42H,15-20H2,1-14H3.